The van der Waals surface area contributed by atoms with Gasteiger partial charge in [0.25, 0.3) is 0 Å². The van der Waals surface area contributed by atoms with Crippen LogP contribution in [0.1, 0.15) is 104 Å². The first-order chi connectivity index (χ1) is 14.5. The Balaban J connectivity index is 1.61. The second-order valence-corrected chi connectivity index (χ2v) is 11.1. The predicted octanol–water partition coefficient (Wildman–Crippen LogP) is 5.91. The first-order valence-corrected chi connectivity index (χ1v) is 13.2. The molecule has 4 nitrogen and oxygen atoms in total. The molecule has 0 aromatic rings. The summed E-state index contributed by atoms with van der Waals surface area (Å²) in [7, 11) is 1.99. The van der Waals surface area contributed by atoms with Gasteiger partial charge in [-0.1, -0.05) is 65.2 Å². The maximum absolute atomic E-state index is 11.3. The molecule has 0 radical (unpaired) electrons. The lowest BCUT2D eigenvalue weighted by molar-refractivity contribution is -0.139. The number of carboxylic acids is 1. The average molecular weight is 421 g/mol. The second kappa shape index (κ2) is 11.9. The third-order valence-corrected chi connectivity index (χ3v) is 8.76. The molecule has 5 atom stereocenters. The Bertz CT molecular complexity index is 517. The van der Waals surface area contributed by atoms with E-state index < -0.39 is 5.97 Å². The Morgan fingerprint density at radius 2 is 1.70 bits per heavy atom. The van der Waals surface area contributed by atoms with Gasteiger partial charge >= 0.3 is 5.97 Å². The topological polar surface area (TPSA) is 52.6 Å². The molecule has 4 heteroatoms. The standard InChI is InChI=1S/C26H48N2O2/c1-4-5-6-7-8-9-20-12-15-24-23(16-20)22(21-13-10-19(2)11-14-21)17-25(27-24)28(3)18-26(29)30/h19-25,27H,4-18H2,1-3H3,(H,29,30). The molecule has 2 N–H and O–H groups in total. The number of piperidine rings is 1. The molecule has 0 aromatic carbocycles. The van der Waals surface area contributed by atoms with Crippen molar-refractivity contribution in [3.05, 3.63) is 0 Å². The predicted molar refractivity (Wildman–Crippen MR) is 124 cm³/mol. The van der Waals surface area contributed by atoms with Gasteiger partial charge in [0.1, 0.15) is 0 Å². The Hall–Kier alpha value is -0.610. The quantitative estimate of drug-likeness (QED) is 0.431. The van der Waals surface area contributed by atoms with Crippen molar-refractivity contribution < 1.29 is 9.90 Å². The molecule has 3 aliphatic rings. The van der Waals surface area contributed by atoms with Gasteiger partial charge in [0, 0.05) is 6.04 Å². The molecular formula is C26H48N2O2. The maximum atomic E-state index is 11.3. The third-order valence-electron chi connectivity index (χ3n) is 8.76. The van der Waals surface area contributed by atoms with Crippen LogP contribution in [0.3, 0.4) is 0 Å². The Morgan fingerprint density at radius 3 is 2.40 bits per heavy atom. The Kier molecular flexibility index (Phi) is 9.50. The smallest absolute Gasteiger partial charge is 0.317 e. The molecule has 1 aliphatic heterocycles. The molecule has 5 unspecified atom stereocenters. The van der Waals surface area contributed by atoms with Crippen molar-refractivity contribution in [1.82, 2.24) is 10.2 Å². The first-order valence-electron chi connectivity index (χ1n) is 13.2. The largest absolute Gasteiger partial charge is 0.480 e. The molecule has 2 aliphatic carbocycles. The maximum Gasteiger partial charge on any atom is 0.317 e. The van der Waals surface area contributed by atoms with Crippen molar-refractivity contribution in [2.24, 2.45) is 29.6 Å². The minimum absolute atomic E-state index is 0.143. The number of hydrogen-bond donors (Lipinski definition) is 2. The highest BCUT2D eigenvalue weighted by Crippen LogP contribution is 2.47. The van der Waals surface area contributed by atoms with Crippen molar-refractivity contribution in [3.8, 4) is 0 Å². The molecule has 2 saturated carbocycles. The summed E-state index contributed by atoms with van der Waals surface area (Å²) < 4.78 is 0. The Labute approximate surface area is 185 Å². The molecule has 0 aromatic heterocycles. The van der Waals surface area contributed by atoms with Gasteiger partial charge in [0.2, 0.25) is 0 Å². The van der Waals surface area contributed by atoms with Gasteiger partial charge < -0.3 is 5.11 Å². The number of carboxylic acid groups (broad SMARTS) is 1. The number of unbranched alkanes of at least 4 members (excludes halogenated alkanes) is 4. The number of aliphatic carboxylic acids is 1. The van der Waals surface area contributed by atoms with Crippen LogP contribution in [0.25, 0.3) is 0 Å². The van der Waals surface area contributed by atoms with Crippen molar-refractivity contribution in [3.63, 3.8) is 0 Å². The summed E-state index contributed by atoms with van der Waals surface area (Å²) in [6.45, 7) is 4.86. The molecule has 0 spiro atoms. The SMILES string of the molecule is CCCCCCCC1CCC2NC(N(C)CC(=O)O)CC(C3CCC(C)CC3)C2C1. The van der Waals surface area contributed by atoms with E-state index in [-0.39, 0.29) is 12.7 Å². The van der Waals surface area contributed by atoms with Crippen molar-refractivity contribution >= 4 is 5.97 Å². The molecule has 174 valence electrons. The summed E-state index contributed by atoms with van der Waals surface area (Å²) in [5, 5.41) is 13.2. The minimum Gasteiger partial charge on any atom is -0.480 e. The molecule has 0 bridgehead atoms. The monoisotopic (exact) mass is 420 g/mol. The summed E-state index contributed by atoms with van der Waals surface area (Å²) in [5.41, 5.74) is 0. The number of fused-ring (bicyclic) bond motifs is 1. The summed E-state index contributed by atoms with van der Waals surface area (Å²) in [6, 6.07) is 0.598. The van der Waals surface area contributed by atoms with E-state index in [1.54, 1.807) is 0 Å². The van der Waals surface area contributed by atoms with Gasteiger partial charge in [-0.25, -0.2) is 0 Å². The van der Waals surface area contributed by atoms with Crippen LogP contribution in [0.2, 0.25) is 0 Å². The zero-order valence-electron chi connectivity index (χ0n) is 20.0. The lowest BCUT2D eigenvalue weighted by atomic mass is 9.61. The zero-order chi connectivity index (χ0) is 21.5. The Morgan fingerprint density at radius 1 is 0.967 bits per heavy atom. The summed E-state index contributed by atoms with van der Waals surface area (Å²) in [6.07, 6.45) is 19.4. The fourth-order valence-electron chi connectivity index (χ4n) is 6.91. The average Bonchev–Trinajstić information content (AvgIpc) is 2.73. The zero-order valence-corrected chi connectivity index (χ0v) is 20.0. The van der Waals surface area contributed by atoms with Crippen LogP contribution in [0.4, 0.5) is 0 Å². The molecule has 0 amide bonds. The van der Waals surface area contributed by atoms with Crippen molar-refractivity contribution in [2.45, 2.75) is 116 Å². The van der Waals surface area contributed by atoms with Gasteiger partial charge in [0.05, 0.1) is 12.7 Å². The van der Waals surface area contributed by atoms with Crippen LogP contribution >= 0.6 is 0 Å². The molecule has 1 saturated heterocycles. The van der Waals surface area contributed by atoms with Crippen molar-refractivity contribution in [2.75, 3.05) is 13.6 Å². The van der Waals surface area contributed by atoms with E-state index in [0.717, 1.165) is 36.0 Å². The van der Waals surface area contributed by atoms with E-state index in [1.807, 2.05) is 7.05 Å². The van der Waals surface area contributed by atoms with E-state index in [4.69, 9.17) is 0 Å². The van der Waals surface area contributed by atoms with Gasteiger partial charge in [-0.15, -0.1) is 0 Å². The fourth-order valence-corrected chi connectivity index (χ4v) is 6.91. The van der Waals surface area contributed by atoms with Gasteiger partial charge in [-0.3, -0.25) is 15.0 Å². The van der Waals surface area contributed by atoms with E-state index in [2.05, 4.69) is 24.1 Å². The van der Waals surface area contributed by atoms with E-state index in [1.165, 1.54) is 83.5 Å². The van der Waals surface area contributed by atoms with Crippen LogP contribution in [-0.4, -0.2) is 41.8 Å². The number of rotatable bonds is 10. The van der Waals surface area contributed by atoms with E-state index in [9.17, 15) is 9.90 Å². The number of nitrogens with zero attached hydrogens (tertiary/aromatic N) is 1. The number of likely N-dealkylation sites (N-methyl/N-ethyl adjacent to an activating group) is 1. The normalized spacial score (nSPS) is 37.1. The highest BCUT2D eigenvalue weighted by Gasteiger charge is 2.45. The molecule has 30 heavy (non-hydrogen) atoms. The molecule has 3 fully saturated rings. The third kappa shape index (κ3) is 6.69. The minimum atomic E-state index is -0.712. The first kappa shape index (κ1) is 24.0. The highest BCUT2D eigenvalue weighted by molar-refractivity contribution is 5.69. The number of nitrogens with one attached hydrogen (secondary N) is 1. The molecular weight excluding hydrogens is 372 g/mol. The van der Waals surface area contributed by atoms with Gasteiger partial charge in [-0.2, -0.15) is 0 Å². The van der Waals surface area contributed by atoms with Crippen LogP contribution in [0, 0.1) is 29.6 Å². The van der Waals surface area contributed by atoms with Crippen LogP contribution in [0.15, 0.2) is 0 Å². The van der Waals surface area contributed by atoms with Crippen molar-refractivity contribution in [1.29, 1.82) is 0 Å². The number of carbonyl (C=O) groups is 1. The van der Waals surface area contributed by atoms with Gasteiger partial charge in [0.15, 0.2) is 0 Å². The summed E-state index contributed by atoms with van der Waals surface area (Å²) in [4.78, 5) is 13.3. The van der Waals surface area contributed by atoms with Crippen LogP contribution in [0.5, 0.6) is 0 Å². The van der Waals surface area contributed by atoms with E-state index >= 15 is 0 Å². The molecule has 3 rings (SSSR count). The van der Waals surface area contributed by atoms with E-state index in [0.29, 0.717) is 6.04 Å². The fraction of sp³-hybridized carbons (Fsp3) is 0.962. The number of hydrogen-bond acceptors (Lipinski definition) is 3. The summed E-state index contributed by atoms with van der Waals surface area (Å²) in [5.74, 6) is 3.57. The highest BCUT2D eigenvalue weighted by atomic mass is 16.4. The van der Waals surface area contributed by atoms with Crippen LogP contribution < -0.4 is 5.32 Å². The second-order valence-electron chi connectivity index (χ2n) is 11.1. The summed E-state index contributed by atoms with van der Waals surface area (Å²) >= 11 is 0. The van der Waals surface area contributed by atoms with Crippen LogP contribution in [-0.2, 0) is 4.79 Å². The lowest BCUT2D eigenvalue weighted by Gasteiger charge is -2.52. The molecule has 1 heterocycles. The lowest BCUT2D eigenvalue weighted by Crippen LogP contribution is -2.60. The van der Waals surface area contributed by atoms with Gasteiger partial charge in [-0.05, 0) is 75.2 Å².